The van der Waals surface area contributed by atoms with Crippen LogP contribution in [0.5, 0.6) is 0 Å². The van der Waals surface area contributed by atoms with Crippen LogP contribution in [0.1, 0.15) is 12.7 Å². The maximum atomic E-state index is 11.5. The van der Waals surface area contributed by atoms with Crippen LogP contribution in [-0.2, 0) is 0 Å². The number of aliphatic hydroxyl groups excluding tert-OH is 1. The van der Waals surface area contributed by atoms with Gasteiger partial charge in [-0.1, -0.05) is 24.1 Å². The van der Waals surface area contributed by atoms with Crippen molar-refractivity contribution in [2.24, 2.45) is 0 Å². The van der Waals surface area contributed by atoms with Gasteiger partial charge in [0.1, 0.15) is 6.10 Å². The van der Waals surface area contributed by atoms with Gasteiger partial charge in [0, 0.05) is 0 Å². The molecule has 80 valence electrons. The first kappa shape index (κ1) is 10.5. The Morgan fingerprint density at radius 3 is 2.88 bits per heavy atom. The summed E-state index contributed by atoms with van der Waals surface area (Å²) in [5, 5.41) is 10.3. The predicted octanol–water partition coefficient (Wildman–Crippen LogP) is 1.53. The van der Waals surface area contributed by atoms with E-state index in [9.17, 15) is 4.79 Å². The normalized spacial score (nSPS) is 11.9. The number of benzene rings is 1. The minimum atomic E-state index is -0.739. The Kier molecular flexibility index (Phi) is 2.76. The van der Waals surface area contributed by atoms with E-state index in [4.69, 9.17) is 9.52 Å². The van der Waals surface area contributed by atoms with Crippen molar-refractivity contribution in [2.75, 3.05) is 0 Å². The fraction of sp³-hybridized carbons (Fsp3) is 0.154. The zero-order valence-electron chi connectivity index (χ0n) is 8.73. The average Bonchev–Trinajstić information content (AvgIpc) is 2.26. The lowest BCUT2D eigenvalue weighted by molar-refractivity contribution is 0.253. The summed E-state index contributed by atoms with van der Waals surface area (Å²) >= 11 is 0. The lowest BCUT2D eigenvalue weighted by Crippen LogP contribution is -2.00. The van der Waals surface area contributed by atoms with E-state index >= 15 is 0 Å². The monoisotopic (exact) mass is 214 g/mol. The van der Waals surface area contributed by atoms with Crippen LogP contribution in [0, 0.1) is 11.8 Å². The van der Waals surface area contributed by atoms with Crippen molar-refractivity contribution in [3.8, 4) is 11.8 Å². The zero-order chi connectivity index (χ0) is 11.5. The molecule has 0 unspecified atom stereocenters. The molecule has 0 bridgehead atoms. The first-order chi connectivity index (χ1) is 7.66. The third-order valence-corrected chi connectivity index (χ3v) is 2.07. The van der Waals surface area contributed by atoms with Gasteiger partial charge in [0.2, 0.25) is 0 Å². The summed E-state index contributed by atoms with van der Waals surface area (Å²) in [4.78, 5) is 11.5. The average molecular weight is 214 g/mol. The van der Waals surface area contributed by atoms with Crippen LogP contribution in [0.25, 0.3) is 10.8 Å². The van der Waals surface area contributed by atoms with Gasteiger partial charge in [0.05, 0.1) is 5.39 Å². The first-order valence-electron chi connectivity index (χ1n) is 4.89. The SMILES string of the molecule is C[C@@H](O)C#Cc1cc2ccccc2c(=O)o1. The number of hydrogen-bond acceptors (Lipinski definition) is 3. The van der Waals surface area contributed by atoms with E-state index in [1.54, 1.807) is 25.1 Å². The van der Waals surface area contributed by atoms with Crippen molar-refractivity contribution >= 4 is 10.8 Å². The fourth-order valence-corrected chi connectivity index (χ4v) is 1.37. The van der Waals surface area contributed by atoms with Gasteiger partial charge in [-0.3, -0.25) is 0 Å². The molecule has 0 aliphatic carbocycles. The van der Waals surface area contributed by atoms with E-state index in [1.807, 2.05) is 12.1 Å². The standard InChI is InChI=1S/C13H10O3/c1-9(14)6-7-11-8-10-4-2-3-5-12(10)13(15)16-11/h2-5,8-9,14H,1H3/t9-/m1/s1. The number of fused-ring (bicyclic) bond motifs is 1. The third-order valence-electron chi connectivity index (χ3n) is 2.07. The highest BCUT2D eigenvalue weighted by molar-refractivity contribution is 5.81. The maximum Gasteiger partial charge on any atom is 0.344 e. The molecule has 16 heavy (non-hydrogen) atoms. The smallest absolute Gasteiger partial charge is 0.344 e. The fourth-order valence-electron chi connectivity index (χ4n) is 1.37. The molecular formula is C13H10O3. The van der Waals surface area contributed by atoms with E-state index < -0.39 is 11.7 Å². The summed E-state index contributed by atoms with van der Waals surface area (Å²) in [6.07, 6.45) is -0.739. The molecule has 0 spiro atoms. The summed E-state index contributed by atoms with van der Waals surface area (Å²) in [5.41, 5.74) is -0.409. The first-order valence-corrected chi connectivity index (χ1v) is 4.89. The zero-order valence-corrected chi connectivity index (χ0v) is 8.73. The second-order valence-electron chi connectivity index (χ2n) is 3.43. The molecule has 1 aromatic heterocycles. The minimum Gasteiger partial charge on any atom is -0.414 e. The van der Waals surface area contributed by atoms with Crippen molar-refractivity contribution < 1.29 is 9.52 Å². The van der Waals surface area contributed by atoms with Crippen molar-refractivity contribution in [3.63, 3.8) is 0 Å². The molecule has 1 atom stereocenters. The molecule has 0 aliphatic heterocycles. The second kappa shape index (κ2) is 4.21. The topological polar surface area (TPSA) is 50.4 Å². The summed E-state index contributed by atoms with van der Waals surface area (Å²) in [7, 11) is 0. The van der Waals surface area contributed by atoms with E-state index in [2.05, 4.69) is 11.8 Å². The lowest BCUT2D eigenvalue weighted by Gasteiger charge is -1.96. The Morgan fingerprint density at radius 2 is 2.12 bits per heavy atom. The molecular weight excluding hydrogens is 204 g/mol. The Bertz CT molecular complexity index is 627. The summed E-state index contributed by atoms with van der Waals surface area (Å²) in [6.45, 7) is 1.55. The highest BCUT2D eigenvalue weighted by Crippen LogP contribution is 2.10. The van der Waals surface area contributed by atoms with Crippen molar-refractivity contribution in [3.05, 3.63) is 46.5 Å². The Hall–Kier alpha value is -2.05. The molecule has 2 aromatic rings. The van der Waals surface area contributed by atoms with Gasteiger partial charge in [0.15, 0.2) is 5.76 Å². The van der Waals surface area contributed by atoms with E-state index in [0.29, 0.717) is 5.39 Å². The molecule has 2 rings (SSSR count). The van der Waals surface area contributed by atoms with Crippen LogP contribution >= 0.6 is 0 Å². The molecule has 1 heterocycles. The Balaban J connectivity index is 2.60. The highest BCUT2D eigenvalue weighted by Gasteiger charge is 2.01. The van der Waals surface area contributed by atoms with E-state index in [1.165, 1.54) is 0 Å². The number of aliphatic hydroxyl groups is 1. The van der Waals surface area contributed by atoms with Gasteiger partial charge >= 0.3 is 5.63 Å². The molecule has 3 heteroatoms. The molecule has 3 nitrogen and oxygen atoms in total. The molecule has 0 aliphatic rings. The van der Waals surface area contributed by atoms with Gasteiger partial charge < -0.3 is 9.52 Å². The summed E-state index contributed by atoms with van der Waals surface area (Å²) in [6, 6.07) is 8.83. The van der Waals surface area contributed by atoms with E-state index in [-0.39, 0.29) is 5.76 Å². The quantitative estimate of drug-likeness (QED) is 0.676. The number of hydrogen-bond donors (Lipinski definition) is 1. The van der Waals surface area contributed by atoms with Crippen LogP contribution in [0.4, 0.5) is 0 Å². The predicted molar refractivity (Wildman–Crippen MR) is 61.0 cm³/mol. The highest BCUT2D eigenvalue weighted by atomic mass is 16.4. The largest absolute Gasteiger partial charge is 0.414 e. The molecule has 0 radical (unpaired) electrons. The van der Waals surface area contributed by atoms with Crippen LogP contribution in [0.2, 0.25) is 0 Å². The van der Waals surface area contributed by atoms with Gasteiger partial charge in [-0.25, -0.2) is 4.79 Å². The molecule has 0 saturated heterocycles. The Morgan fingerprint density at radius 1 is 1.38 bits per heavy atom. The van der Waals surface area contributed by atoms with Gasteiger partial charge in [-0.2, -0.15) is 0 Å². The van der Waals surface area contributed by atoms with Gasteiger partial charge in [-0.05, 0) is 30.4 Å². The van der Waals surface area contributed by atoms with Crippen LogP contribution in [0.15, 0.2) is 39.5 Å². The van der Waals surface area contributed by atoms with Crippen molar-refractivity contribution in [1.29, 1.82) is 0 Å². The molecule has 0 saturated carbocycles. The van der Waals surface area contributed by atoms with Crippen LogP contribution in [-0.4, -0.2) is 11.2 Å². The molecule has 0 fully saturated rings. The summed E-state index contributed by atoms with van der Waals surface area (Å²) in [5.74, 6) is 5.41. The second-order valence-corrected chi connectivity index (χ2v) is 3.43. The van der Waals surface area contributed by atoms with Crippen LogP contribution in [0.3, 0.4) is 0 Å². The number of rotatable bonds is 0. The lowest BCUT2D eigenvalue weighted by atomic mass is 10.2. The van der Waals surface area contributed by atoms with Gasteiger partial charge in [0.25, 0.3) is 0 Å². The third kappa shape index (κ3) is 2.13. The molecule has 1 N–H and O–H groups in total. The van der Waals surface area contributed by atoms with Crippen LogP contribution < -0.4 is 5.63 Å². The van der Waals surface area contributed by atoms with E-state index in [0.717, 1.165) is 5.39 Å². The molecule has 1 aromatic carbocycles. The molecule has 0 amide bonds. The maximum absolute atomic E-state index is 11.5. The minimum absolute atomic E-state index is 0.268. The summed E-state index contributed by atoms with van der Waals surface area (Å²) < 4.78 is 5.00. The Labute approximate surface area is 92.3 Å². The van der Waals surface area contributed by atoms with Gasteiger partial charge in [-0.15, -0.1) is 0 Å². The van der Waals surface area contributed by atoms with Crippen molar-refractivity contribution in [2.45, 2.75) is 13.0 Å². The van der Waals surface area contributed by atoms with Crippen molar-refractivity contribution in [1.82, 2.24) is 0 Å².